The lowest BCUT2D eigenvalue weighted by molar-refractivity contribution is 0.349. The first-order valence-corrected chi connectivity index (χ1v) is 6.62. The molecule has 84 valence electrons. The molecule has 2 nitrogen and oxygen atoms in total. The third-order valence-electron chi connectivity index (χ3n) is 2.19. The first kappa shape index (κ1) is 12.7. The fraction of sp³-hybridized carbons (Fsp3) is 0.455. The van der Waals surface area contributed by atoms with E-state index in [2.05, 4.69) is 18.2 Å². The van der Waals surface area contributed by atoms with E-state index in [1.165, 1.54) is 5.56 Å². The molecule has 0 atom stereocenters. The highest BCUT2D eigenvalue weighted by Crippen LogP contribution is 2.20. The van der Waals surface area contributed by atoms with E-state index in [0.29, 0.717) is 10.7 Å². The van der Waals surface area contributed by atoms with Gasteiger partial charge in [0.1, 0.15) is 0 Å². The molecule has 0 aliphatic rings. The van der Waals surface area contributed by atoms with Gasteiger partial charge < -0.3 is 10.6 Å². The molecule has 0 heterocycles. The van der Waals surface area contributed by atoms with Crippen LogP contribution in [0.3, 0.4) is 0 Å². The number of thioether (sulfide) groups is 1. The molecule has 0 saturated carbocycles. The topological polar surface area (TPSA) is 29.3 Å². The number of anilines is 1. The molecule has 0 radical (unpaired) electrons. The van der Waals surface area contributed by atoms with E-state index in [0.717, 1.165) is 18.8 Å². The van der Waals surface area contributed by atoms with Crippen LogP contribution in [0.1, 0.15) is 5.56 Å². The summed E-state index contributed by atoms with van der Waals surface area (Å²) < 4.78 is 0. The minimum Gasteiger partial charge on any atom is -0.398 e. The SMILES string of the molecule is CSCCN(C)Cc1ccc(Cl)c(N)c1. The molecule has 4 heteroatoms. The number of rotatable bonds is 5. The van der Waals surface area contributed by atoms with E-state index < -0.39 is 0 Å². The van der Waals surface area contributed by atoms with Crippen molar-refractivity contribution in [3.63, 3.8) is 0 Å². The van der Waals surface area contributed by atoms with Crippen LogP contribution in [0.5, 0.6) is 0 Å². The highest BCUT2D eigenvalue weighted by atomic mass is 35.5. The van der Waals surface area contributed by atoms with Crippen LogP contribution in [-0.4, -0.2) is 30.5 Å². The lowest BCUT2D eigenvalue weighted by atomic mass is 10.2. The van der Waals surface area contributed by atoms with Gasteiger partial charge in [0.15, 0.2) is 0 Å². The zero-order chi connectivity index (χ0) is 11.3. The Morgan fingerprint density at radius 2 is 2.20 bits per heavy atom. The number of hydrogen-bond donors (Lipinski definition) is 1. The van der Waals surface area contributed by atoms with E-state index in [-0.39, 0.29) is 0 Å². The van der Waals surface area contributed by atoms with Gasteiger partial charge in [-0.1, -0.05) is 17.7 Å². The molecule has 1 aromatic carbocycles. The van der Waals surface area contributed by atoms with Crippen LogP contribution in [0.4, 0.5) is 5.69 Å². The minimum absolute atomic E-state index is 0.630. The lowest BCUT2D eigenvalue weighted by Crippen LogP contribution is -2.20. The standard InChI is InChI=1S/C11H17ClN2S/c1-14(5-6-15-2)8-9-3-4-10(12)11(13)7-9/h3-4,7H,5-6,8,13H2,1-2H3. The maximum Gasteiger partial charge on any atom is 0.0635 e. The molecule has 0 saturated heterocycles. The van der Waals surface area contributed by atoms with E-state index in [9.17, 15) is 0 Å². The van der Waals surface area contributed by atoms with Crippen LogP contribution in [-0.2, 0) is 6.54 Å². The molecule has 0 amide bonds. The van der Waals surface area contributed by atoms with Crippen LogP contribution in [0.25, 0.3) is 0 Å². The van der Waals surface area contributed by atoms with Crippen molar-refractivity contribution in [1.29, 1.82) is 0 Å². The zero-order valence-corrected chi connectivity index (χ0v) is 10.7. The van der Waals surface area contributed by atoms with Crippen molar-refractivity contribution in [3.8, 4) is 0 Å². The molecule has 0 unspecified atom stereocenters. The summed E-state index contributed by atoms with van der Waals surface area (Å²) in [6.07, 6.45) is 2.12. The highest BCUT2D eigenvalue weighted by Gasteiger charge is 2.02. The molecule has 1 rings (SSSR count). The Morgan fingerprint density at radius 1 is 1.47 bits per heavy atom. The summed E-state index contributed by atoms with van der Waals surface area (Å²) in [7, 11) is 2.11. The monoisotopic (exact) mass is 244 g/mol. The van der Waals surface area contributed by atoms with Crippen molar-refractivity contribution < 1.29 is 0 Å². The lowest BCUT2D eigenvalue weighted by Gasteiger charge is -2.16. The number of nitrogens with two attached hydrogens (primary N) is 1. The molecule has 1 aromatic rings. The second-order valence-electron chi connectivity index (χ2n) is 3.59. The number of halogens is 1. The van der Waals surface area contributed by atoms with Gasteiger partial charge in [-0.05, 0) is 31.0 Å². The third kappa shape index (κ3) is 4.33. The number of nitrogen functional groups attached to an aromatic ring is 1. The predicted molar refractivity (Wildman–Crippen MR) is 70.6 cm³/mol. The van der Waals surface area contributed by atoms with Gasteiger partial charge in [-0.2, -0.15) is 11.8 Å². The van der Waals surface area contributed by atoms with E-state index in [1.807, 2.05) is 30.0 Å². The van der Waals surface area contributed by atoms with Gasteiger partial charge in [-0.3, -0.25) is 0 Å². The fourth-order valence-electron chi connectivity index (χ4n) is 1.33. The molecular weight excluding hydrogens is 228 g/mol. The fourth-order valence-corrected chi connectivity index (χ4v) is 1.94. The summed E-state index contributed by atoms with van der Waals surface area (Å²) >= 11 is 7.72. The number of nitrogens with zero attached hydrogens (tertiary/aromatic N) is 1. The summed E-state index contributed by atoms with van der Waals surface area (Å²) in [5.41, 5.74) is 7.61. The van der Waals surface area contributed by atoms with Gasteiger partial charge in [0.25, 0.3) is 0 Å². The van der Waals surface area contributed by atoms with Crippen molar-refractivity contribution >= 4 is 29.1 Å². The van der Waals surface area contributed by atoms with Gasteiger partial charge >= 0.3 is 0 Å². The molecule has 0 bridgehead atoms. The zero-order valence-electron chi connectivity index (χ0n) is 9.16. The Morgan fingerprint density at radius 3 is 2.80 bits per heavy atom. The Hall–Kier alpha value is -0.380. The highest BCUT2D eigenvalue weighted by molar-refractivity contribution is 7.98. The Balaban J connectivity index is 2.53. The van der Waals surface area contributed by atoms with Gasteiger partial charge in [0, 0.05) is 18.8 Å². The predicted octanol–water partition coefficient (Wildman–Crippen LogP) is 2.72. The Labute approximate surface area is 101 Å². The average Bonchev–Trinajstić information content (AvgIpc) is 2.20. The summed E-state index contributed by atoms with van der Waals surface area (Å²) in [6, 6.07) is 5.82. The Kier molecular flexibility index (Phi) is 5.29. The minimum atomic E-state index is 0.630. The van der Waals surface area contributed by atoms with Crippen LogP contribution < -0.4 is 5.73 Å². The summed E-state index contributed by atoms with van der Waals surface area (Å²) in [5, 5.41) is 0.630. The van der Waals surface area contributed by atoms with Crippen LogP contribution >= 0.6 is 23.4 Å². The maximum atomic E-state index is 5.86. The van der Waals surface area contributed by atoms with Gasteiger partial charge in [0.05, 0.1) is 10.7 Å². The van der Waals surface area contributed by atoms with Crippen LogP contribution in [0.2, 0.25) is 5.02 Å². The van der Waals surface area contributed by atoms with Crippen molar-refractivity contribution in [2.24, 2.45) is 0 Å². The number of benzene rings is 1. The number of hydrogen-bond acceptors (Lipinski definition) is 3. The van der Waals surface area contributed by atoms with Crippen LogP contribution in [0.15, 0.2) is 18.2 Å². The first-order chi connectivity index (χ1) is 7.13. The van der Waals surface area contributed by atoms with Gasteiger partial charge in [0.2, 0.25) is 0 Å². The quantitative estimate of drug-likeness (QED) is 0.808. The smallest absolute Gasteiger partial charge is 0.0635 e. The second-order valence-corrected chi connectivity index (χ2v) is 4.98. The molecule has 15 heavy (non-hydrogen) atoms. The van der Waals surface area contributed by atoms with Crippen molar-refractivity contribution in [1.82, 2.24) is 4.90 Å². The molecule has 2 N–H and O–H groups in total. The molecule has 0 spiro atoms. The second kappa shape index (κ2) is 6.26. The largest absolute Gasteiger partial charge is 0.398 e. The van der Waals surface area contributed by atoms with Crippen LogP contribution in [0, 0.1) is 0 Å². The van der Waals surface area contributed by atoms with Crippen molar-refractivity contribution in [3.05, 3.63) is 28.8 Å². The Bertz CT molecular complexity index is 317. The van der Waals surface area contributed by atoms with E-state index in [4.69, 9.17) is 17.3 Å². The summed E-state index contributed by atoms with van der Waals surface area (Å²) in [6.45, 7) is 2.01. The average molecular weight is 245 g/mol. The van der Waals surface area contributed by atoms with Gasteiger partial charge in [-0.15, -0.1) is 0 Å². The molecular formula is C11H17ClN2S. The normalized spacial score (nSPS) is 10.9. The first-order valence-electron chi connectivity index (χ1n) is 4.85. The third-order valence-corrected chi connectivity index (χ3v) is 3.13. The van der Waals surface area contributed by atoms with E-state index >= 15 is 0 Å². The summed E-state index contributed by atoms with van der Waals surface area (Å²) in [4.78, 5) is 2.28. The molecule has 0 aliphatic carbocycles. The summed E-state index contributed by atoms with van der Waals surface area (Å²) in [5.74, 6) is 1.15. The van der Waals surface area contributed by atoms with Gasteiger partial charge in [-0.25, -0.2) is 0 Å². The van der Waals surface area contributed by atoms with Crippen molar-refractivity contribution in [2.75, 3.05) is 31.3 Å². The molecule has 0 aliphatic heterocycles. The molecule has 0 fully saturated rings. The maximum absolute atomic E-state index is 5.86. The van der Waals surface area contributed by atoms with E-state index in [1.54, 1.807) is 0 Å². The van der Waals surface area contributed by atoms with Crippen molar-refractivity contribution in [2.45, 2.75) is 6.54 Å². The molecule has 0 aromatic heterocycles.